The Labute approximate surface area is 159 Å². The van der Waals surface area contributed by atoms with Gasteiger partial charge in [0.25, 0.3) is 5.91 Å². The van der Waals surface area contributed by atoms with Gasteiger partial charge in [-0.3, -0.25) is 4.79 Å². The zero-order chi connectivity index (χ0) is 17.9. The average Bonchev–Trinajstić information content (AvgIpc) is 2.67. The molecule has 0 atom stereocenters. The first-order chi connectivity index (χ1) is 12.7. The smallest absolute Gasteiger partial charge is 0.267 e. The monoisotopic (exact) mass is 402 g/mol. The zero-order valence-electron chi connectivity index (χ0n) is 13.8. The number of halogens is 1. The molecule has 0 unspecified atom stereocenters. The third-order valence-electron chi connectivity index (χ3n) is 4.29. The van der Waals surface area contributed by atoms with Crippen LogP contribution in [0.2, 0.25) is 0 Å². The maximum atomic E-state index is 12.3. The molecule has 26 heavy (non-hydrogen) atoms. The van der Waals surface area contributed by atoms with Crippen LogP contribution in [-0.4, -0.2) is 12.1 Å². The van der Waals surface area contributed by atoms with E-state index in [1.165, 1.54) is 0 Å². The molecular weight excluding hydrogens is 388 g/mol. The van der Waals surface area contributed by atoms with Crippen LogP contribution >= 0.6 is 15.9 Å². The van der Waals surface area contributed by atoms with Gasteiger partial charge in [0, 0.05) is 10.0 Å². The molecule has 0 aliphatic rings. The van der Waals surface area contributed by atoms with Gasteiger partial charge in [0.1, 0.15) is 0 Å². The van der Waals surface area contributed by atoms with Crippen LogP contribution in [-0.2, 0) is 0 Å². The minimum absolute atomic E-state index is 0.252. The lowest BCUT2D eigenvalue weighted by atomic mass is 9.97. The minimum atomic E-state index is -0.252. The van der Waals surface area contributed by atoms with Crippen LogP contribution in [0.4, 0.5) is 0 Å². The van der Waals surface area contributed by atoms with Crippen LogP contribution in [0.25, 0.3) is 21.5 Å². The van der Waals surface area contributed by atoms with E-state index in [1.807, 2.05) is 42.5 Å². The molecule has 1 amide bonds. The summed E-state index contributed by atoms with van der Waals surface area (Å²) in [5.41, 5.74) is 4.16. The van der Waals surface area contributed by atoms with Crippen molar-refractivity contribution in [2.24, 2.45) is 5.10 Å². The van der Waals surface area contributed by atoms with Crippen molar-refractivity contribution in [3.63, 3.8) is 0 Å². The van der Waals surface area contributed by atoms with E-state index in [0.29, 0.717) is 5.56 Å². The van der Waals surface area contributed by atoms with Crippen molar-refractivity contribution in [1.82, 2.24) is 5.43 Å². The van der Waals surface area contributed by atoms with Gasteiger partial charge in [-0.15, -0.1) is 0 Å². The molecule has 0 fully saturated rings. The second kappa shape index (κ2) is 7.10. The average molecular weight is 403 g/mol. The van der Waals surface area contributed by atoms with Crippen molar-refractivity contribution in [3.05, 3.63) is 94.5 Å². The van der Waals surface area contributed by atoms with Gasteiger partial charge in [0.05, 0.1) is 11.8 Å². The first-order valence-corrected chi connectivity index (χ1v) is 9.02. The van der Waals surface area contributed by atoms with Crippen molar-refractivity contribution in [2.45, 2.75) is 0 Å². The number of carbonyl (C=O) groups is 1. The molecule has 0 saturated carbocycles. The number of rotatable bonds is 3. The van der Waals surface area contributed by atoms with Crippen molar-refractivity contribution in [1.29, 1.82) is 0 Å². The lowest BCUT2D eigenvalue weighted by molar-refractivity contribution is 0.0954. The van der Waals surface area contributed by atoms with Crippen LogP contribution in [0.3, 0.4) is 0 Å². The van der Waals surface area contributed by atoms with Crippen LogP contribution in [0.5, 0.6) is 0 Å². The van der Waals surface area contributed by atoms with Gasteiger partial charge in [-0.05, 0) is 55.7 Å². The standard InChI is InChI=1S/C22H15BrN2O/c23-21-12-6-5-11-19(21)22(26)25-24-14-20-17-9-3-1-7-15(17)13-16-8-2-4-10-18(16)20/h1-14H,(H,25,26). The molecule has 0 heterocycles. The van der Waals surface area contributed by atoms with Gasteiger partial charge in [-0.1, -0.05) is 60.7 Å². The second-order valence-corrected chi connectivity index (χ2v) is 6.77. The van der Waals surface area contributed by atoms with E-state index in [-0.39, 0.29) is 5.91 Å². The summed E-state index contributed by atoms with van der Waals surface area (Å²) in [4.78, 5) is 12.3. The van der Waals surface area contributed by atoms with E-state index in [2.05, 4.69) is 56.8 Å². The van der Waals surface area contributed by atoms with Gasteiger partial charge in [-0.2, -0.15) is 5.10 Å². The van der Waals surface area contributed by atoms with Crippen molar-refractivity contribution < 1.29 is 4.79 Å². The third kappa shape index (κ3) is 3.11. The molecule has 0 saturated heterocycles. The zero-order valence-corrected chi connectivity index (χ0v) is 15.4. The third-order valence-corrected chi connectivity index (χ3v) is 4.98. The van der Waals surface area contributed by atoms with Crippen LogP contribution < -0.4 is 5.43 Å². The topological polar surface area (TPSA) is 41.5 Å². The molecule has 4 rings (SSSR count). The predicted octanol–water partition coefficient (Wildman–Crippen LogP) is 5.52. The molecule has 4 aromatic carbocycles. The molecule has 1 N–H and O–H groups in total. The number of benzene rings is 4. The summed E-state index contributed by atoms with van der Waals surface area (Å²) in [5, 5.41) is 8.70. The summed E-state index contributed by atoms with van der Waals surface area (Å²) < 4.78 is 0.739. The summed E-state index contributed by atoms with van der Waals surface area (Å²) in [7, 11) is 0. The SMILES string of the molecule is O=C(NN=Cc1c2ccccc2cc2ccccc12)c1ccccc1Br. The highest BCUT2D eigenvalue weighted by molar-refractivity contribution is 9.10. The number of hydrazone groups is 1. The Morgan fingerprint density at radius 2 is 1.42 bits per heavy atom. The first kappa shape index (κ1) is 16.5. The fourth-order valence-corrected chi connectivity index (χ4v) is 3.51. The fourth-order valence-electron chi connectivity index (χ4n) is 3.05. The number of hydrogen-bond donors (Lipinski definition) is 1. The van der Waals surface area contributed by atoms with Gasteiger partial charge in [0.15, 0.2) is 0 Å². The quantitative estimate of drug-likeness (QED) is 0.273. The first-order valence-electron chi connectivity index (χ1n) is 8.22. The maximum absolute atomic E-state index is 12.3. The number of carbonyl (C=O) groups excluding carboxylic acids is 1. The van der Waals surface area contributed by atoms with Crippen LogP contribution in [0, 0.1) is 0 Å². The van der Waals surface area contributed by atoms with E-state index in [9.17, 15) is 4.79 Å². The van der Waals surface area contributed by atoms with E-state index in [0.717, 1.165) is 31.6 Å². The number of nitrogens with one attached hydrogen (secondary N) is 1. The molecule has 0 aliphatic heterocycles. The normalized spacial score (nSPS) is 11.3. The number of nitrogens with zero attached hydrogens (tertiary/aromatic N) is 1. The Morgan fingerprint density at radius 1 is 0.846 bits per heavy atom. The largest absolute Gasteiger partial charge is 0.272 e. The fraction of sp³-hybridized carbons (Fsp3) is 0. The van der Waals surface area contributed by atoms with E-state index >= 15 is 0 Å². The Morgan fingerprint density at radius 3 is 2.08 bits per heavy atom. The van der Waals surface area contributed by atoms with Gasteiger partial charge < -0.3 is 0 Å². The molecule has 126 valence electrons. The van der Waals surface area contributed by atoms with Gasteiger partial charge >= 0.3 is 0 Å². The molecular formula is C22H15BrN2O. The lowest BCUT2D eigenvalue weighted by Gasteiger charge is -2.08. The number of hydrogen-bond acceptors (Lipinski definition) is 2. The summed E-state index contributed by atoms with van der Waals surface area (Å²) in [6.45, 7) is 0. The summed E-state index contributed by atoms with van der Waals surface area (Å²) in [5.74, 6) is -0.252. The lowest BCUT2D eigenvalue weighted by Crippen LogP contribution is -2.18. The molecule has 0 bridgehead atoms. The Bertz CT molecular complexity index is 1100. The van der Waals surface area contributed by atoms with Crippen molar-refractivity contribution in [3.8, 4) is 0 Å². The number of amides is 1. The van der Waals surface area contributed by atoms with E-state index in [4.69, 9.17) is 0 Å². The second-order valence-electron chi connectivity index (χ2n) is 5.91. The Hall–Kier alpha value is -2.98. The van der Waals surface area contributed by atoms with Crippen LogP contribution in [0.1, 0.15) is 15.9 Å². The number of fused-ring (bicyclic) bond motifs is 2. The molecule has 3 nitrogen and oxygen atoms in total. The Balaban J connectivity index is 1.73. The highest BCUT2D eigenvalue weighted by Crippen LogP contribution is 2.27. The highest BCUT2D eigenvalue weighted by Gasteiger charge is 2.08. The molecule has 0 radical (unpaired) electrons. The van der Waals surface area contributed by atoms with Crippen LogP contribution in [0.15, 0.2) is 88.4 Å². The van der Waals surface area contributed by atoms with E-state index < -0.39 is 0 Å². The minimum Gasteiger partial charge on any atom is -0.267 e. The molecule has 0 spiro atoms. The molecule has 4 aromatic rings. The molecule has 0 aromatic heterocycles. The van der Waals surface area contributed by atoms with Crippen molar-refractivity contribution >= 4 is 49.6 Å². The predicted molar refractivity (Wildman–Crippen MR) is 111 cm³/mol. The molecule has 0 aliphatic carbocycles. The molecule has 4 heteroatoms. The highest BCUT2D eigenvalue weighted by atomic mass is 79.9. The Kier molecular flexibility index (Phi) is 4.50. The van der Waals surface area contributed by atoms with Gasteiger partial charge in [0.2, 0.25) is 0 Å². The van der Waals surface area contributed by atoms with E-state index in [1.54, 1.807) is 12.3 Å². The van der Waals surface area contributed by atoms with Crippen molar-refractivity contribution in [2.75, 3.05) is 0 Å². The summed E-state index contributed by atoms with van der Waals surface area (Å²) in [6.07, 6.45) is 1.72. The van der Waals surface area contributed by atoms with Gasteiger partial charge in [-0.25, -0.2) is 5.43 Å². The summed E-state index contributed by atoms with van der Waals surface area (Å²) >= 11 is 3.39. The maximum Gasteiger partial charge on any atom is 0.272 e. The summed E-state index contributed by atoms with van der Waals surface area (Å²) in [6, 6.07) is 25.8.